The van der Waals surface area contributed by atoms with Gasteiger partial charge in [-0.05, 0) is 59.1 Å². The number of benzene rings is 3. The van der Waals surface area contributed by atoms with Gasteiger partial charge in [0.2, 0.25) is 21.7 Å². The number of pyridine rings is 1. The number of nitrogens with zero attached hydrogens (tertiary/aromatic N) is 3. The summed E-state index contributed by atoms with van der Waals surface area (Å²) in [6.45, 7) is 3.79. The van der Waals surface area contributed by atoms with Crippen molar-refractivity contribution in [2.45, 2.75) is 62.9 Å². The lowest BCUT2D eigenvalue weighted by atomic mass is 9.84. The van der Waals surface area contributed by atoms with E-state index in [0.29, 0.717) is 11.5 Å². The highest BCUT2D eigenvalue weighted by atomic mass is 32.2. The Labute approximate surface area is 274 Å². The van der Waals surface area contributed by atoms with Gasteiger partial charge < -0.3 is 10.6 Å². The lowest BCUT2D eigenvalue weighted by molar-refractivity contribution is -0.119. The van der Waals surface area contributed by atoms with Gasteiger partial charge in [0.1, 0.15) is 11.6 Å². The van der Waals surface area contributed by atoms with Gasteiger partial charge in [-0.2, -0.15) is 4.31 Å². The predicted octanol–water partition coefficient (Wildman–Crippen LogP) is 7.10. The minimum atomic E-state index is -5.68. The second-order valence-electron chi connectivity index (χ2n) is 12.7. The van der Waals surface area contributed by atoms with Crippen LogP contribution in [0, 0.1) is 34.9 Å². The quantitative estimate of drug-likeness (QED) is 0.109. The lowest BCUT2D eigenvalue weighted by Gasteiger charge is -2.29. The third kappa shape index (κ3) is 7.19. The molecule has 1 aliphatic rings. The Kier molecular flexibility index (Phi) is 9.62. The molecule has 5 rings (SSSR count). The number of nitrogen functional groups attached to an aromatic ring is 1. The zero-order valence-corrected chi connectivity index (χ0v) is 27.0. The number of sulfonamides is 1. The molecule has 0 unspecified atom stereocenters. The standard InChI is InChI=1S/C34H32F6N4O3S/c1-34(2,3)23-13-19(12-22(14-23)20-8-9-20)16-44(24-10-11-26(41)42-15-24)27(45)18-43(17-21-6-4-5-7-25(21)35)48(46,47)33-31(39)29(37)28(36)30(38)32(33)40/h4-7,10-15,20H,8-9,16-18H2,1-3H3,(H2,41,42). The Bertz CT molecular complexity index is 1950. The molecular formula is C34H32F6N4O3S. The van der Waals surface area contributed by atoms with Crippen LogP contribution >= 0.6 is 0 Å². The van der Waals surface area contributed by atoms with Crippen LogP contribution in [0.3, 0.4) is 0 Å². The molecule has 1 heterocycles. The van der Waals surface area contributed by atoms with Gasteiger partial charge in [0.05, 0.1) is 25.0 Å². The van der Waals surface area contributed by atoms with E-state index in [0.717, 1.165) is 41.0 Å². The second-order valence-corrected chi connectivity index (χ2v) is 14.5. The SMILES string of the molecule is CC(C)(C)c1cc(CN(C(=O)CN(Cc2ccccc2F)S(=O)(=O)c2c(F)c(F)c(F)c(F)c2F)c2ccc(N)nc2)cc(C2CC2)c1. The van der Waals surface area contributed by atoms with Crippen molar-refractivity contribution in [2.24, 2.45) is 0 Å². The summed E-state index contributed by atoms with van der Waals surface area (Å²) in [5, 5.41) is 0. The third-order valence-electron chi connectivity index (χ3n) is 8.04. The minimum absolute atomic E-state index is 0.118. The summed E-state index contributed by atoms with van der Waals surface area (Å²) in [6, 6.07) is 13.6. The second kappa shape index (κ2) is 13.2. The molecule has 3 aromatic carbocycles. The largest absolute Gasteiger partial charge is 0.384 e. The molecule has 0 spiro atoms. The maximum Gasteiger partial charge on any atom is 0.249 e. The average molecular weight is 691 g/mol. The molecule has 0 radical (unpaired) electrons. The van der Waals surface area contributed by atoms with E-state index in [4.69, 9.17) is 5.73 Å². The number of aromatic nitrogens is 1. The lowest BCUT2D eigenvalue weighted by Crippen LogP contribution is -2.43. The van der Waals surface area contributed by atoms with E-state index in [9.17, 15) is 39.6 Å². The topological polar surface area (TPSA) is 96.6 Å². The van der Waals surface area contributed by atoms with E-state index in [2.05, 4.69) is 11.1 Å². The molecule has 1 aliphatic carbocycles. The van der Waals surface area contributed by atoms with Crippen molar-refractivity contribution in [1.82, 2.24) is 9.29 Å². The van der Waals surface area contributed by atoms with Gasteiger partial charge in [0.25, 0.3) is 0 Å². The zero-order chi connectivity index (χ0) is 35.1. The third-order valence-corrected chi connectivity index (χ3v) is 9.85. The molecule has 254 valence electrons. The summed E-state index contributed by atoms with van der Waals surface area (Å²) >= 11 is 0. The van der Waals surface area contributed by atoms with Crippen LogP contribution in [0.1, 0.15) is 61.8 Å². The molecular weight excluding hydrogens is 658 g/mol. The van der Waals surface area contributed by atoms with Crippen molar-refractivity contribution in [3.63, 3.8) is 0 Å². The van der Waals surface area contributed by atoms with E-state index < -0.39 is 68.8 Å². The first kappa shape index (κ1) is 34.9. The molecule has 1 saturated carbocycles. The maximum atomic E-state index is 14.9. The van der Waals surface area contributed by atoms with Crippen LogP contribution < -0.4 is 10.6 Å². The molecule has 14 heteroatoms. The molecule has 7 nitrogen and oxygen atoms in total. The van der Waals surface area contributed by atoms with Gasteiger partial charge in [0.15, 0.2) is 28.2 Å². The van der Waals surface area contributed by atoms with Gasteiger partial charge in [-0.25, -0.2) is 39.7 Å². The van der Waals surface area contributed by atoms with Crippen LogP contribution in [0.25, 0.3) is 0 Å². The summed E-state index contributed by atoms with van der Waals surface area (Å²) in [6.07, 6.45) is 3.26. The van der Waals surface area contributed by atoms with Crippen LogP contribution in [-0.2, 0) is 33.3 Å². The molecule has 4 aromatic rings. The number of anilines is 2. The number of nitrogens with two attached hydrogens (primary N) is 1. The molecule has 1 aromatic heterocycles. The first-order valence-electron chi connectivity index (χ1n) is 14.9. The molecule has 0 aliphatic heterocycles. The van der Waals surface area contributed by atoms with Gasteiger partial charge in [-0.15, -0.1) is 0 Å². The number of hydrogen-bond acceptors (Lipinski definition) is 5. The first-order chi connectivity index (χ1) is 22.5. The number of hydrogen-bond donors (Lipinski definition) is 1. The molecule has 48 heavy (non-hydrogen) atoms. The Morgan fingerprint density at radius 2 is 1.50 bits per heavy atom. The molecule has 1 fully saturated rings. The molecule has 0 atom stereocenters. The van der Waals surface area contributed by atoms with Gasteiger partial charge in [0, 0.05) is 12.1 Å². The van der Waals surface area contributed by atoms with Crippen LogP contribution in [-0.4, -0.2) is 30.2 Å². The molecule has 2 N–H and O–H groups in total. The van der Waals surface area contributed by atoms with Crippen molar-refractivity contribution < 1.29 is 39.6 Å². The van der Waals surface area contributed by atoms with Gasteiger partial charge in [-0.1, -0.05) is 57.2 Å². The highest BCUT2D eigenvalue weighted by Crippen LogP contribution is 2.42. The van der Waals surface area contributed by atoms with Crippen LogP contribution in [0.15, 0.2) is 65.7 Å². The van der Waals surface area contributed by atoms with E-state index in [1.807, 2.05) is 32.9 Å². The van der Waals surface area contributed by atoms with E-state index in [-0.39, 0.29) is 33.3 Å². The normalized spacial score (nSPS) is 13.6. The van der Waals surface area contributed by atoms with Crippen LogP contribution in [0.5, 0.6) is 0 Å². The van der Waals surface area contributed by atoms with Crippen LogP contribution in [0.2, 0.25) is 0 Å². The summed E-state index contributed by atoms with van der Waals surface area (Å²) in [4.78, 5) is 17.2. The van der Waals surface area contributed by atoms with E-state index >= 15 is 0 Å². The number of carbonyl (C=O) groups is 1. The highest BCUT2D eigenvalue weighted by molar-refractivity contribution is 7.89. The van der Waals surface area contributed by atoms with Crippen molar-refractivity contribution in [2.75, 3.05) is 17.2 Å². The zero-order valence-electron chi connectivity index (χ0n) is 26.2. The smallest absolute Gasteiger partial charge is 0.249 e. The number of carbonyl (C=O) groups excluding carboxylic acids is 1. The Hall–Kier alpha value is -4.43. The predicted molar refractivity (Wildman–Crippen MR) is 167 cm³/mol. The number of rotatable bonds is 10. The Morgan fingerprint density at radius 3 is 2.06 bits per heavy atom. The van der Waals surface area contributed by atoms with Gasteiger partial charge >= 0.3 is 0 Å². The first-order valence-corrected chi connectivity index (χ1v) is 16.3. The van der Waals surface area contributed by atoms with Crippen molar-refractivity contribution >= 4 is 27.4 Å². The van der Waals surface area contributed by atoms with Crippen molar-refractivity contribution in [1.29, 1.82) is 0 Å². The highest BCUT2D eigenvalue weighted by Gasteiger charge is 2.39. The van der Waals surface area contributed by atoms with Crippen molar-refractivity contribution in [3.8, 4) is 0 Å². The fraction of sp³-hybridized carbons (Fsp3) is 0.294. The van der Waals surface area contributed by atoms with E-state index in [1.54, 1.807) is 0 Å². The monoisotopic (exact) mass is 690 g/mol. The fourth-order valence-corrected chi connectivity index (χ4v) is 6.66. The number of amides is 1. The summed E-state index contributed by atoms with van der Waals surface area (Å²) < 4.78 is 114. The summed E-state index contributed by atoms with van der Waals surface area (Å²) in [7, 11) is -5.68. The fourth-order valence-electron chi connectivity index (χ4n) is 5.18. The summed E-state index contributed by atoms with van der Waals surface area (Å²) in [5.74, 6) is -14.2. The Morgan fingerprint density at radius 1 is 0.875 bits per heavy atom. The van der Waals surface area contributed by atoms with E-state index in [1.165, 1.54) is 30.5 Å². The minimum Gasteiger partial charge on any atom is -0.384 e. The van der Waals surface area contributed by atoms with Gasteiger partial charge in [-0.3, -0.25) is 4.79 Å². The number of halogens is 6. The molecule has 0 saturated heterocycles. The molecule has 0 bridgehead atoms. The average Bonchev–Trinajstić information content (AvgIpc) is 3.88. The van der Waals surface area contributed by atoms with Crippen molar-refractivity contribution in [3.05, 3.63) is 118 Å². The maximum absolute atomic E-state index is 14.9. The Balaban J connectivity index is 1.60. The summed E-state index contributed by atoms with van der Waals surface area (Å²) in [5.41, 5.74) is 8.05. The van der Waals surface area contributed by atoms with Crippen LogP contribution in [0.4, 0.5) is 37.8 Å². The molecule has 1 amide bonds.